The van der Waals surface area contributed by atoms with E-state index in [0.717, 1.165) is 13.0 Å². The minimum absolute atomic E-state index is 0.419. The SMILES string of the molecule is COCCOCCCNc1nccnc1N. The first-order valence-corrected chi connectivity index (χ1v) is 5.21. The van der Waals surface area contributed by atoms with Crippen molar-refractivity contribution < 1.29 is 9.47 Å². The molecule has 0 fully saturated rings. The first-order valence-electron chi connectivity index (χ1n) is 5.21. The van der Waals surface area contributed by atoms with E-state index in [1.54, 1.807) is 19.5 Å². The first kappa shape index (κ1) is 12.7. The first-order chi connectivity index (χ1) is 7.84. The van der Waals surface area contributed by atoms with Crippen molar-refractivity contribution in [2.75, 3.05) is 44.5 Å². The Bertz CT molecular complexity index is 296. The van der Waals surface area contributed by atoms with E-state index < -0.39 is 0 Å². The van der Waals surface area contributed by atoms with Gasteiger partial charge in [0, 0.05) is 32.7 Å². The summed E-state index contributed by atoms with van der Waals surface area (Å²) >= 11 is 0. The number of ether oxygens (including phenoxy) is 2. The fourth-order valence-electron chi connectivity index (χ4n) is 1.11. The Kier molecular flexibility index (Phi) is 6.20. The lowest BCUT2D eigenvalue weighted by atomic mass is 10.4. The average molecular weight is 226 g/mol. The van der Waals surface area contributed by atoms with Crippen molar-refractivity contribution in [1.29, 1.82) is 0 Å². The average Bonchev–Trinajstić information content (AvgIpc) is 2.30. The van der Waals surface area contributed by atoms with Gasteiger partial charge in [-0.3, -0.25) is 0 Å². The molecule has 3 N–H and O–H groups in total. The van der Waals surface area contributed by atoms with Crippen LogP contribution in [0.3, 0.4) is 0 Å². The van der Waals surface area contributed by atoms with Crippen LogP contribution >= 0.6 is 0 Å². The third kappa shape index (κ3) is 4.90. The zero-order valence-corrected chi connectivity index (χ0v) is 9.48. The molecule has 90 valence electrons. The molecule has 0 atom stereocenters. The lowest BCUT2D eigenvalue weighted by molar-refractivity contribution is 0.0705. The van der Waals surface area contributed by atoms with Crippen molar-refractivity contribution >= 4 is 11.6 Å². The summed E-state index contributed by atoms with van der Waals surface area (Å²) in [4.78, 5) is 7.99. The number of anilines is 2. The van der Waals surface area contributed by atoms with Gasteiger partial charge in [-0.05, 0) is 6.42 Å². The van der Waals surface area contributed by atoms with E-state index in [4.69, 9.17) is 15.2 Å². The number of methoxy groups -OCH3 is 1. The minimum atomic E-state index is 0.419. The highest BCUT2D eigenvalue weighted by molar-refractivity contribution is 5.54. The highest BCUT2D eigenvalue weighted by Crippen LogP contribution is 2.08. The fourth-order valence-corrected chi connectivity index (χ4v) is 1.11. The molecule has 0 saturated carbocycles. The number of aromatic nitrogens is 2. The van der Waals surface area contributed by atoms with E-state index in [0.29, 0.717) is 31.5 Å². The molecule has 6 nitrogen and oxygen atoms in total. The van der Waals surface area contributed by atoms with Gasteiger partial charge in [-0.15, -0.1) is 0 Å². The van der Waals surface area contributed by atoms with Crippen LogP contribution in [-0.2, 0) is 9.47 Å². The van der Waals surface area contributed by atoms with Crippen LogP contribution in [-0.4, -0.2) is 43.4 Å². The molecule has 6 heteroatoms. The van der Waals surface area contributed by atoms with Crippen LogP contribution in [0, 0.1) is 0 Å². The zero-order valence-electron chi connectivity index (χ0n) is 9.48. The van der Waals surface area contributed by atoms with Crippen LogP contribution in [0.25, 0.3) is 0 Å². The molecule has 0 bridgehead atoms. The predicted octanol–water partition coefficient (Wildman–Crippen LogP) is 0.524. The van der Waals surface area contributed by atoms with Crippen molar-refractivity contribution in [2.24, 2.45) is 0 Å². The van der Waals surface area contributed by atoms with Crippen molar-refractivity contribution in [3.8, 4) is 0 Å². The number of nitrogens with one attached hydrogen (secondary N) is 1. The van der Waals surface area contributed by atoms with Gasteiger partial charge in [0.1, 0.15) is 0 Å². The Hall–Kier alpha value is -1.40. The summed E-state index contributed by atoms with van der Waals surface area (Å²) in [6.07, 6.45) is 4.06. The highest BCUT2D eigenvalue weighted by Gasteiger charge is 1.98. The second-order valence-electron chi connectivity index (χ2n) is 3.18. The molecular weight excluding hydrogens is 208 g/mol. The maximum Gasteiger partial charge on any atom is 0.168 e. The third-order valence-corrected chi connectivity index (χ3v) is 1.92. The zero-order chi connectivity index (χ0) is 11.6. The third-order valence-electron chi connectivity index (χ3n) is 1.92. The number of hydrogen-bond donors (Lipinski definition) is 2. The summed E-state index contributed by atoms with van der Waals surface area (Å²) in [5.41, 5.74) is 5.62. The van der Waals surface area contributed by atoms with Crippen LogP contribution < -0.4 is 11.1 Å². The number of nitrogens with two attached hydrogens (primary N) is 1. The lowest BCUT2D eigenvalue weighted by Gasteiger charge is -2.07. The Labute approximate surface area is 95.2 Å². The van der Waals surface area contributed by atoms with Crippen LogP contribution in [0.2, 0.25) is 0 Å². The fraction of sp³-hybridized carbons (Fsp3) is 0.600. The van der Waals surface area contributed by atoms with Gasteiger partial charge in [-0.25, -0.2) is 9.97 Å². The minimum Gasteiger partial charge on any atom is -0.382 e. The summed E-state index contributed by atoms with van der Waals surface area (Å²) < 4.78 is 10.2. The second-order valence-corrected chi connectivity index (χ2v) is 3.18. The molecule has 1 aromatic rings. The van der Waals surface area contributed by atoms with Gasteiger partial charge in [0.25, 0.3) is 0 Å². The van der Waals surface area contributed by atoms with Gasteiger partial charge in [-0.2, -0.15) is 0 Å². The Balaban J connectivity index is 2.05. The monoisotopic (exact) mass is 226 g/mol. The second kappa shape index (κ2) is 7.84. The van der Waals surface area contributed by atoms with Gasteiger partial charge >= 0.3 is 0 Å². The molecule has 0 aliphatic rings. The van der Waals surface area contributed by atoms with E-state index >= 15 is 0 Å². The summed E-state index contributed by atoms with van der Waals surface area (Å²) in [5.74, 6) is 1.04. The van der Waals surface area contributed by atoms with Gasteiger partial charge in [0.05, 0.1) is 13.2 Å². The molecule has 0 aromatic carbocycles. The van der Waals surface area contributed by atoms with E-state index in [9.17, 15) is 0 Å². The molecule has 0 spiro atoms. The summed E-state index contributed by atoms with van der Waals surface area (Å²) in [6.45, 7) is 2.71. The van der Waals surface area contributed by atoms with Crippen LogP contribution in [0.5, 0.6) is 0 Å². The van der Waals surface area contributed by atoms with E-state index in [1.807, 2.05) is 0 Å². The van der Waals surface area contributed by atoms with Crippen molar-refractivity contribution in [2.45, 2.75) is 6.42 Å². The number of nitrogens with zero attached hydrogens (tertiary/aromatic N) is 2. The standard InChI is InChI=1S/C10H18N4O2/c1-15-7-8-16-6-2-3-13-10-9(11)12-4-5-14-10/h4-5H,2-3,6-8H2,1H3,(H2,11,12)(H,13,14). The molecular formula is C10H18N4O2. The predicted molar refractivity (Wildman–Crippen MR) is 62.2 cm³/mol. The van der Waals surface area contributed by atoms with Crippen LogP contribution in [0.15, 0.2) is 12.4 Å². The van der Waals surface area contributed by atoms with Crippen molar-refractivity contribution in [1.82, 2.24) is 9.97 Å². The van der Waals surface area contributed by atoms with Gasteiger partial charge in [0.15, 0.2) is 11.6 Å². The quantitative estimate of drug-likeness (QED) is 0.629. The maximum atomic E-state index is 5.62. The normalized spacial score (nSPS) is 10.3. The van der Waals surface area contributed by atoms with Crippen molar-refractivity contribution in [3.05, 3.63) is 12.4 Å². The molecule has 1 aromatic heterocycles. The van der Waals surface area contributed by atoms with E-state index in [2.05, 4.69) is 15.3 Å². The van der Waals surface area contributed by atoms with Crippen LogP contribution in [0.4, 0.5) is 11.6 Å². The molecule has 0 unspecified atom stereocenters. The molecule has 0 saturated heterocycles. The maximum absolute atomic E-state index is 5.62. The highest BCUT2D eigenvalue weighted by atomic mass is 16.5. The lowest BCUT2D eigenvalue weighted by Crippen LogP contribution is -2.10. The van der Waals surface area contributed by atoms with Crippen LogP contribution in [0.1, 0.15) is 6.42 Å². The summed E-state index contributed by atoms with van der Waals surface area (Å²) in [7, 11) is 1.65. The molecule has 0 aliphatic heterocycles. The smallest absolute Gasteiger partial charge is 0.168 e. The van der Waals surface area contributed by atoms with Gasteiger partial charge < -0.3 is 20.5 Å². The number of hydrogen-bond acceptors (Lipinski definition) is 6. The molecule has 0 amide bonds. The molecule has 1 rings (SSSR count). The Morgan fingerprint density at radius 1 is 1.25 bits per heavy atom. The van der Waals surface area contributed by atoms with Gasteiger partial charge in [-0.1, -0.05) is 0 Å². The summed E-state index contributed by atoms with van der Waals surface area (Å²) in [6, 6.07) is 0. The molecule has 1 heterocycles. The Morgan fingerprint density at radius 2 is 2.06 bits per heavy atom. The number of nitrogen functional groups attached to an aromatic ring is 1. The topological polar surface area (TPSA) is 82.3 Å². The Morgan fingerprint density at radius 3 is 2.81 bits per heavy atom. The molecule has 0 radical (unpaired) electrons. The summed E-state index contributed by atoms with van der Waals surface area (Å²) in [5, 5.41) is 3.09. The van der Waals surface area contributed by atoms with E-state index in [-0.39, 0.29) is 0 Å². The molecule has 0 aliphatic carbocycles. The molecule has 16 heavy (non-hydrogen) atoms. The van der Waals surface area contributed by atoms with Gasteiger partial charge in [0.2, 0.25) is 0 Å². The van der Waals surface area contributed by atoms with E-state index in [1.165, 1.54) is 0 Å². The van der Waals surface area contributed by atoms with Crippen molar-refractivity contribution in [3.63, 3.8) is 0 Å². The largest absolute Gasteiger partial charge is 0.382 e. The number of rotatable bonds is 8.